The third kappa shape index (κ3) is 1.46. The van der Waals surface area contributed by atoms with Gasteiger partial charge in [0.1, 0.15) is 0 Å². The number of hydrogen-bond acceptors (Lipinski definition) is 1. The van der Waals surface area contributed by atoms with Gasteiger partial charge in [-0.3, -0.25) is 0 Å². The van der Waals surface area contributed by atoms with E-state index in [1.165, 1.54) is 38.5 Å². The molecule has 0 N–H and O–H groups in total. The van der Waals surface area contributed by atoms with Gasteiger partial charge in [0.2, 0.25) is 0 Å². The molecule has 0 aromatic heterocycles. The van der Waals surface area contributed by atoms with E-state index < -0.39 is 0 Å². The van der Waals surface area contributed by atoms with Crippen LogP contribution in [0, 0.1) is 16.7 Å². The van der Waals surface area contributed by atoms with Crippen LogP contribution in [-0.2, 0) is 4.74 Å². The molecular weight excluding hydrogens is 184 g/mol. The lowest BCUT2D eigenvalue weighted by Crippen LogP contribution is -2.48. The van der Waals surface area contributed by atoms with Crippen LogP contribution < -0.4 is 0 Å². The van der Waals surface area contributed by atoms with Crippen molar-refractivity contribution in [3.05, 3.63) is 0 Å². The molecule has 0 amide bonds. The lowest BCUT2D eigenvalue weighted by atomic mass is 9.50. The van der Waals surface area contributed by atoms with Gasteiger partial charge >= 0.3 is 0 Å². The predicted octanol–water partition coefficient (Wildman–Crippen LogP) is 3.77. The third-order valence-corrected chi connectivity index (χ3v) is 5.52. The normalized spacial score (nSPS) is 52.6. The first-order chi connectivity index (χ1) is 6.96. The Morgan fingerprint density at radius 3 is 2.47 bits per heavy atom. The highest BCUT2D eigenvalue weighted by Crippen LogP contribution is 2.62. The standard InChI is InChI=1S/C14H24O/c1-12(2)6-4-7-13(3)9-14(10-15-14)8-5-11(12)13/h11H,4-10H2,1-3H3/t11-,13+,14+/m1/s1. The van der Waals surface area contributed by atoms with Gasteiger partial charge in [-0.1, -0.05) is 27.2 Å². The SMILES string of the molecule is CC1(C)CCC[C@@]2(C)C[C@@]3(CC[C@H]12)CO3. The largest absolute Gasteiger partial charge is 0.370 e. The van der Waals surface area contributed by atoms with Crippen LogP contribution in [0.1, 0.15) is 59.3 Å². The Balaban J connectivity index is 1.87. The van der Waals surface area contributed by atoms with Gasteiger partial charge in [0.15, 0.2) is 0 Å². The summed E-state index contributed by atoms with van der Waals surface area (Å²) >= 11 is 0. The molecule has 3 rings (SSSR count). The zero-order chi connectivity index (χ0) is 10.7. The minimum Gasteiger partial charge on any atom is -0.370 e. The van der Waals surface area contributed by atoms with Crippen molar-refractivity contribution in [1.82, 2.24) is 0 Å². The second kappa shape index (κ2) is 2.80. The van der Waals surface area contributed by atoms with Crippen molar-refractivity contribution in [2.45, 2.75) is 64.9 Å². The molecule has 3 fully saturated rings. The number of hydrogen-bond donors (Lipinski definition) is 0. The first-order valence-electron chi connectivity index (χ1n) is 6.60. The van der Waals surface area contributed by atoms with Crippen molar-refractivity contribution in [3.8, 4) is 0 Å². The van der Waals surface area contributed by atoms with E-state index in [-0.39, 0.29) is 0 Å². The molecule has 86 valence electrons. The summed E-state index contributed by atoms with van der Waals surface area (Å²) in [6.45, 7) is 8.55. The highest BCUT2D eigenvalue weighted by atomic mass is 16.6. The second-order valence-electron chi connectivity index (χ2n) is 7.24. The minimum atomic E-state index is 0.346. The van der Waals surface area contributed by atoms with E-state index >= 15 is 0 Å². The second-order valence-corrected chi connectivity index (χ2v) is 7.24. The Bertz CT molecular complexity index is 277. The maximum absolute atomic E-state index is 5.72. The number of epoxide rings is 1. The number of fused-ring (bicyclic) bond motifs is 1. The van der Waals surface area contributed by atoms with E-state index in [2.05, 4.69) is 20.8 Å². The maximum Gasteiger partial charge on any atom is 0.0922 e. The van der Waals surface area contributed by atoms with Crippen LogP contribution in [0.3, 0.4) is 0 Å². The van der Waals surface area contributed by atoms with E-state index in [0.717, 1.165) is 12.5 Å². The summed E-state index contributed by atoms with van der Waals surface area (Å²) in [5.41, 5.74) is 1.50. The lowest BCUT2D eigenvalue weighted by molar-refractivity contribution is -0.0566. The molecule has 3 aliphatic rings. The maximum atomic E-state index is 5.72. The van der Waals surface area contributed by atoms with Crippen molar-refractivity contribution in [3.63, 3.8) is 0 Å². The summed E-state index contributed by atoms with van der Waals surface area (Å²) in [7, 11) is 0. The van der Waals surface area contributed by atoms with Crippen molar-refractivity contribution in [2.75, 3.05) is 6.61 Å². The van der Waals surface area contributed by atoms with Gasteiger partial charge in [0.05, 0.1) is 12.2 Å². The van der Waals surface area contributed by atoms with Crippen LogP contribution in [-0.4, -0.2) is 12.2 Å². The van der Waals surface area contributed by atoms with Crippen LogP contribution in [0.15, 0.2) is 0 Å². The van der Waals surface area contributed by atoms with Gasteiger partial charge < -0.3 is 4.74 Å². The van der Waals surface area contributed by atoms with E-state index in [0.29, 0.717) is 16.4 Å². The van der Waals surface area contributed by atoms with E-state index in [1.807, 2.05) is 0 Å². The van der Waals surface area contributed by atoms with Crippen LogP contribution in [0.25, 0.3) is 0 Å². The molecule has 1 nitrogen and oxygen atoms in total. The lowest BCUT2D eigenvalue weighted by Gasteiger charge is -2.55. The van der Waals surface area contributed by atoms with Crippen molar-refractivity contribution in [1.29, 1.82) is 0 Å². The molecule has 0 aromatic rings. The molecule has 0 unspecified atom stereocenters. The van der Waals surface area contributed by atoms with E-state index in [1.54, 1.807) is 0 Å². The monoisotopic (exact) mass is 208 g/mol. The molecule has 1 spiro atoms. The molecule has 1 heteroatoms. The first-order valence-corrected chi connectivity index (χ1v) is 6.60. The fraction of sp³-hybridized carbons (Fsp3) is 1.00. The first kappa shape index (κ1) is 10.1. The molecule has 1 heterocycles. The summed E-state index contributed by atoms with van der Waals surface area (Å²) in [6, 6.07) is 0. The van der Waals surface area contributed by atoms with E-state index in [9.17, 15) is 0 Å². The molecule has 0 radical (unpaired) electrons. The van der Waals surface area contributed by atoms with Crippen LogP contribution in [0.2, 0.25) is 0 Å². The van der Waals surface area contributed by atoms with Gasteiger partial charge in [-0.15, -0.1) is 0 Å². The molecule has 0 aromatic carbocycles. The quantitative estimate of drug-likeness (QED) is 0.552. The minimum absolute atomic E-state index is 0.346. The fourth-order valence-corrected chi connectivity index (χ4v) is 4.77. The summed E-state index contributed by atoms with van der Waals surface area (Å²) < 4.78 is 5.72. The van der Waals surface area contributed by atoms with Gasteiger partial charge in [-0.2, -0.15) is 0 Å². The summed E-state index contributed by atoms with van der Waals surface area (Å²) in [6.07, 6.45) is 8.37. The van der Waals surface area contributed by atoms with Crippen molar-refractivity contribution >= 4 is 0 Å². The smallest absolute Gasteiger partial charge is 0.0922 e. The van der Waals surface area contributed by atoms with Gasteiger partial charge in [-0.25, -0.2) is 0 Å². The number of ether oxygens (including phenoxy) is 1. The number of rotatable bonds is 0. The molecule has 15 heavy (non-hydrogen) atoms. The van der Waals surface area contributed by atoms with Gasteiger partial charge in [-0.05, 0) is 48.9 Å². The fourth-order valence-electron chi connectivity index (χ4n) is 4.77. The Morgan fingerprint density at radius 2 is 1.80 bits per heavy atom. The Labute approximate surface area is 93.6 Å². The summed E-state index contributed by atoms with van der Waals surface area (Å²) in [4.78, 5) is 0. The topological polar surface area (TPSA) is 12.5 Å². The molecular formula is C14H24O. The van der Waals surface area contributed by atoms with Crippen LogP contribution in [0.5, 0.6) is 0 Å². The van der Waals surface area contributed by atoms with Crippen molar-refractivity contribution < 1.29 is 4.74 Å². The zero-order valence-corrected chi connectivity index (χ0v) is 10.4. The van der Waals surface area contributed by atoms with Gasteiger partial charge in [0, 0.05) is 0 Å². The Kier molecular flexibility index (Phi) is 1.89. The van der Waals surface area contributed by atoms with Crippen LogP contribution in [0.4, 0.5) is 0 Å². The predicted molar refractivity (Wildman–Crippen MR) is 61.8 cm³/mol. The molecule has 2 aliphatic carbocycles. The Morgan fingerprint density at radius 1 is 1.07 bits per heavy atom. The van der Waals surface area contributed by atoms with Gasteiger partial charge in [0.25, 0.3) is 0 Å². The van der Waals surface area contributed by atoms with Crippen LogP contribution >= 0.6 is 0 Å². The third-order valence-electron chi connectivity index (χ3n) is 5.52. The molecule has 3 atom stereocenters. The summed E-state index contributed by atoms with van der Waals surface area (Å²) in [5.74, 6) is 0.938. The molecule has 0 bridgehead atoms. The zero-order valence-electron chi connectivity index (χ0n) is 10.4. The van der Waals surface area contributed by atoms with E-state index in [4.69, 9.17) is 4.74 Å². The molecule has 2 saturated carbocycles. The molecule has 1 aliphatic heterocycles. The van der Waals surface area contributed by atoms with Crippen molar-refractivity contribution in [2.24, 2.45) is 16.7 Å². The molecule has 1 saturated heterocycles. The average molecular weight is 208 g/mol. The average Bonchev–Trinajstić information content (AvgIpc) is 2.81. The highest BCUT2D eigenvalue weighted by molar-refractivity contribution is 5.08. The highest BCUT2D eigenvalue weighted by Gasteiger charge is 2.58. The Hall–Kier alpha value is -0.0400. The summed E-state index contributed by atoms with van der Waals surface area (Å²) in [5, 5.41) is 0.